The summed E-state index contributed by atoms with van der Waals surface area (Å²) < 4.78 is 26.3. The first-order chi connectivity index (χ1) is 17.2. The maximum Gasteiger partial charge on any atom is 0.271 e. The standard InChI is InChI=1S/C24H30Cl2N4O6S/c1-6-21(24(32)27-15(2)3)28(13-18-19(25)8-7-9-20(18)26)23(31)14-29(37(5,35)36)22-12-17(30(33)34)11-10-16(22)4/h7-12,15,21H,6,13-14H2,1-5H3,(H,27,32)/t21-/m0/s1. The highest BCUT2D eigenvalue weighted by Crippen LogP contribution is 2.30. The van der Waals surface area contributed by atoms with Crippen LogP contribution in [-0.2, 0) is 26.2 Å². The number of sulfonamides is 1. The zero-order valence-electron chi connectivity index (χ0n) is 21.2. The molecular weight excluding hydrogens is 543 g/mol. The monoisotopic (exact) mass is 572 g/mol. The molecule has 0 radical (unpaired) electrons. The second-order valence-electron chi connectivity index (χ2n) is 8.81. The highest BCUT2D eigenvalue weighted by Gasteiger charge is 2.33. The first-order valence-electron chi connectivity index (χ1n) is 11.4. The Morgan fingerprint density at radius 2 is 1.73 bits per heavy atom. The quantitative estimate of drug-likeness (QED) is 0.315. The predicted molar refractivity (Wildman–Crippen MR) is 144 cm³/mol. The summed E-state index contributed by atoms with van der Waals surface area (Å²) in [5.41, 5.74) is 0.464. The van der Waals surface area contributed by atoms with Crippen LogP contribution in [0.15, 0.2) is 36.4 Å². The molecule has 0 fully saturated rings. The lowest BCUT2D eigenvalue weighted by Gasteiger charge is -2.33. The summed E-state index contributed by atoms with van der Waals surface area (Å²) in [4.78, 5) is 38.7. The maximum absolute atomic E-state index is 13.7. The number of rotatable bonds is 11. The van der Waals surface area contributed by atoms with Gasteiger partial charge in [-0.2, -0.15) is 0 Å². The number of carbonyl (C=O) groups is 2. The van der Waals surface area contributed by atoms with Crippen LogP contribution in [-0.4, -0.2) is 54.9 Å². The van der Waals surface area contributed by atoms with E-state index in [4.69, 9.17) is 23.2 Å². The van der Waals surface area contributed by atoms with Gasteiger partial charge >= 0.3 is 0 Å². The van der Waals surface area contributed by atoms with E-state index in [2.05, 4.69) is 5.32 Å². The van der Waals surface area contributed by atoms with Crippen LogP contribution in [0.25, 0.3) is 0 Å². The molecule has 2 rings (SSSR count). The number of benzene rings is 2. The minimum atomic E-state index is -4.06. The Morgan fingerprint density at radius 3 is 2.22 bits per heavy atom. The van der Waals surface area contributed by atoms with Gasteiger partial charge in [0.15, 0.2) is 0 Å². The van der Waals surface area contributed by atoms with Gasteiger partial charge in [-0.15, -0.1) is 0 Å². The fraction of sp³-hybridized carbons (Fsp3) is 0.417. The van der Waals surface area contributed by atoms with Crippen molar-refractivity contribution in [1.82, 2.24) is 10.2 Å². The Morgan fingerprint density at radius 1 is 1.14 bits per heavy atom. The van der Waals surface area contributed by atoms with Crippen molar-refractivity contribution in [3.63, 3.8) is 0 Å². The molecule has 10 nitrogen and oxygen atoms in total. The molecule has 0 spiro atoms. The number of carbonyl (C=O) groups excluding carboxylic acids is 2. The van der Waals surface area contributed by atoms with Gasteiger partial charge in [-0.1, -0.05) is 42.3 Å². The number of nitro benzene ring substituents is 1. The average Bonchev–Trinajstić information content (AvgIpc) is 2.78. The Bertz CT molecular complexity index is 1270. The van der Waals surface area contributed by atoms with Crippen molar-refractivity contribution in [2.75, 3.05) is 17.1 Å². The van der Waals surface area contributed by atoms with Crippen LogP contribution in [0.5, 0.6) is 0 Å². The normalized spacial score (nSPS) is 12.2. The molecule has 2 aromatic carbocycles. The summed E-state index contributed by atoms with van der Waals surface area (Å²) >= 11 is 12.7. The summed E-state index contributed by atoms with van der Waals surface area (Å²) in [6.45, 7) is 5.99. The summed E-state index contributed by atoms with van der Waals surface area (Å²) in [6.07, 6.45) is 1.12. The largest absolute Gasteiger partial charge is 0.352 e. The number of aryl methyl sites for hydroxylation is 1. The van der Waals surface area contributed by atoms with Crippen molar-refractivity contribution >= 4 is 56.4 Å². The van der Waals surface area contributed by atoms with E-state index in [1.54, 1.807) is 45.9 Å². The van der Waals surface area contributed by atoms with Gasteiger partial charge in [-0.3, -0.25) is 24.0 Å². The van der Waals surface area contributed by atoms with Crippen molar-refractivity contribution < 1.29 is 22.9 Å². The van der Waals surface area contributed by atoms with Crippen LogP contribution < -0.4 is 9.62 Å². The number of anilines is 1. The van der Waals surface area contributed by atoms with E-state index in [0.717, 1.165) is 16.6 Å². The van der Waals surface area contributed by atoms with Crippen LogP contribution in [0.1, 0.15) is 38.3 Å². The van der Waals surface area contributed by atoms with Crippen LogP contribution >= 0.6 is 23.2 Å². The second-order valence-corrected chi connectivity index (χ2v) is 11.5. The molecule has 0 aromatic heterocycles. The van der Waals surface area contributed by atoms with Crippen LogP contribution in [0.3, 0.4) is 0 Å². The van der Waals surface area contributed by atoms with Gasteiger partial charge in [0.05, 0.1) is 16.9 Å². The van der Waals surface area contributed by atoms with Gasteiger partial charge in [0.2, 0.25) is 21.8 Å². The maximum atomic E-state index is 13.7. The molecule has 0 saturated carbocycles. The fourth-order valence-electron chi connectivity index (χ4n) is 3.73. The molecule has 1 N–H and O–H groups in total. The minimum absolute atomic E-state index is 0.0135. The minimum Gasteiger partial charge on any atom is -0.352 e. The Kier molecular flexibility index (Phi) is 10.3. The third-order valence-corrected chi connectivity index (χ3v) is 7.39. The molecule has 0 bridgehead atoms. The van der Waals surface area contributed by atoms with E-state index in [9.17, 15) is 28.1 Å². The van der Waals surface area contributed by atoms with E-state index >= 15 is 0 Å². The SMILES string of the molecule is CC[C@@H](C(=O)NC(C)C)N(Cc1c(Cl)cccc1Cl)C(=O)CN(c1cc([N+](=O)[O-])ccc1C)S(C)(=O)=O. The zero-order chi connectivity index (χ0) is 28.1. The van der Waals surface area contributed by atoms with E-state index in [-0.39, 0.29) is 40.4 Å². The number of nitrogens with one attached hydrogen (secondary N) is 1. The number of nitro groups is 1. The molecule has 2 amide bonds. The lowest BCUT2D eigenvalue weighted by Crippen LogP contribution is -2.53. The molecule has 37 heavy (non-hydrogen) atoms. The molecule has 0 heterocycles. The van der Waals surface area contributed by atoms with E-state index in [1.807, 2.05) is 0 Å². The zero-order valence-corrected chi connectivity index (χ0v) is 23.5. The molecule has 0 unspecified atom stereocenters. The molecule has 202 valence electrons. The highest BCUT2D eigenvalue weighted by atomic mass is 35.5. The van der Waals surface area contributed by atoms with Crippen molar-refractivity contribution in [1.29, 1.82) is 0 Å². The number of hydrogen-bond acceptors (Lipinski definition) is 6. The number of hydrogen-bond donors (Lipinski definition) is 1. The first-order valence-corrected chi connectivity index (χ1v) is 14.0. The third kappa shape index (κ3) is 7.80. The van der Waals surface area contributed by atoms with Gasteiger partial charge < -0.3 is 10.2 Å². The average molecular weight is 573 g/mol. The Balaban J connectivity index is 2.59. The molecular formula is C24H30Cl2N4O6S. The molecule has 2 aromatic rings. The summed E-state index contributed by atoms with van der Waals surface area (Å²) in [7, 11) is -4.06. The number of nitrogens with zero attached hydrogens (tertiary/aromatic N) is 3. The molecule has 0 aliphatic carbocycles. The number of halogens is 2. The van der Waals surface area contributed by atoms with Crippen LogP contribution in [0.2, 0.25) is 10.0 Å². The summed E-state index contributed by atoms with van der Waals surface area (Å²) in [5, 5.41) is 14.7. The predicted octanol–water partition coefficient (Wildman–Crippen LogP) is 4.31. The summed E-state index contributed by atoms with van der Waals surface area (Å²) in [6, 6.07) is 7.41. The van der Waals surface area contributed by atoms with Gasteiger partial charge in [0.1, 0.15) is 12.6 Å². The van der Waals surface area contributed by atoms with Crippen molar-refractivity contribution in [2.45, 2.75) is 52.7 Å². The van der Waals surface area contributed by atoms with Gasteiger partial charge in [-0.05, 0) is 44.9 Å². The van der Waals surface area contributed by atoms with E-state index in [1.165, 1.54) is 17.0 Å². The molecule has 0 aliphatic rings. The molecule has 0 aliphatic heterocycles. The van der Waals surface area contributed by atoms with Crippen molar-refractivity contribution in [2.24, 2.45) is 0 Å². The van der Waals surface area contributed by atoms with Crippen molar-refractivity contribution in [3.05, 3.63) is 67.7 Å². The van der Waals surface area contributed by atoms with Crippen LogP contribution in [0.4, 0.5) is 11.4 Å². The number of non-ortho nitro benzene ring substituents is 1. The highest BCUT2D eigenvalue weighted by molar-refractivity contribution is 7.92. The first kappa shape index (κ1) is 30.3. The second kappa shape index (κ2) is 12.6. The topological polar surface area (TPSA) is 130 Å². The third-order valence-electron chi connectivity index (χ3n) is 5.56. The lowest BCUT2D eigenvalue weighted by atomic mass is 10.1. The Hall–Kier alpha value is -2.89. The Labute approximate surface area is 226 Å². The molecule has 13 heteroatoms. The lowest BCUT2D eigenvalue weighted by molar-refractivity contribution is -0.384. The molecule has 0 saturated heterocycles. The van der Waals surface area contributed by atoms with Crippen LogP contribution in [0, 0.1) is 17.0 Å². The van der Waals surface area contributed by atoms with Gasteiger partial charge in [-0.25, -0.2) is 8.42 Å². The van der Waals surface area contributed by atoms with Gasteiger partial charge in [0.25, 0.3) is 5.69 Å². The van der Waals surface area contributed by atoms with E-state index in [0.29, 0.717) is 11.1 Å². The smallest absolute Gasteiger partial charge is 0.271 e. The molecule has 1 atom stereocenters. The van der Waals surface area contributed by atoms with E-state index < -0.39 is 39.3 Å². The van der Waals surface area contributed by atoms with Gasteiger partial charge in [0, 0.05) is 40.3 Å². The fourth-order valence-corrected chi connectivity index (χ4v) is 5.14. The van der Waals surface area contributed by atoms with Crippen molar-refractivity contribution in [3.8, 4) is 0 Å². The summed E-state index contributed by atoms with van der Waals surface area (Å²) in [5.74, 6) is -1.13. The number of amides is 2.